The minimum absolute atomic E-state index is 0.0395. The van der Waals surface area contributed by atoms with E-state index in [1.807, 2.05) is 36.1 Å². The number of aliphatic hydroxyl groups excluding tert-OH is 1. The number of amides is 1. The number of aryl methyl sites for hydroxylation is 2. The number of para-hydroxylation sites is 1. The third-order valence-electron chi connectivity index (χ3n) is 4.50. The number of carbonyl (C=O) groups is 1. The quantitative estimate of drug-likeness (QED) is 0.925. The van der Waals surface area contributed by atoms with E-state index < -0.39 is 6.61 Å². The molecule has 6 nitrogen and oxygen atoms in total. The van der Waals surface area contributed by atoms with Gasteiger partial charge in [0.15, 0.2) is 0 Å². The molecule has 2 heterocycles. The van der Waals surface area contributed by atoms with Crippen LogP contribution in [0.25, 0.3) is 0 Å². The molecule has 1 aliphatic heterocycles. The monoisotopic (exact) mass is 327 g/mol. The largest absolute Gasteiger partial charge is 0.390 e. The fourth-order valence-corrected chi connectivity index (χ4v) is 3.16. The molecule has 1 atom stereocenters. The highest BCUT2D eigenvalue weighted by Gasteiger charge is 2.28. The van der Waals surface area contributed by atoms with E-state index in [1.165, 1.54) is 16.3 Å². The smallest absolute Gasteiger partial charge is 0.248 e. The van der Waals surface area contributed by atoms with E-state index in [0.717, 1.165) is 18.5 Å². The van der Waals surface area contributed by atoms with Crippen molar-refractivity contribution < 1.29 is 9.90 Å². The number of nitrogens with zero attached hydrogens (tertiary/aromatic N) is 3. The lowest BCUT2D eigenvalue weighted by Crippen LogP contribution is -2.44. The first-order valence-electron chi connectivity index (χ1n) is 8.09. The molecule has 1 N–H and O–H groups in total. The predicted octanol–water partition coefficient (Wildman–Crippen LogP) is 1.41. The molecule has 0 radical (unpaired) electrons. The van der Waals surface area contributed by atoms with Crippen molar-refractivity contribution in [1.82, 2.24) is 9.78 Å². The van der Waals surface area contributed by atoms with E-state index in [-0.39, 0.29) is 29.6 Å². The van der Waals surface area contributed by atoms with Gasteiger partial charge in [0.05, 0.1) is 6.61 Å². The molecule has 0 fully saturated rings. The van der Waals surface area contributed by atoms with Crippen LogP contribution in [0.3, 0.4) is 0 Å². The van der Waals surface area contributed by atoms with E-state index in [4.69, 9.17) is 0 Å². The van der Waals surface area contributed by atoms with E-state index in [9.17, 15) is 14.7 Å². The van der Waals surface area contributed by atoms with Gasteiger partial charge < -0.3 is 10.0 Å². The van der Waals surface area contributed by atoms with Gasteiger partial charge in [-0.25, -0.2) is 0 Å². The molecule has 2 aromatic rings. The first kappa shape index (κ1) is 16.4. The molecule has 1 amide bonds. The minimum Gasteiger partial charge on any atom is -0.390 e. The summed E-state index contributed by atoms with van der Waals surface area (Å²) in [6.07, 6.45) is 1.88. The number of fused-ring (bicyclic) bond motifs is 1. The fraction of sp³-hybridized carbons (Fsp3) is 0.389. The van der Waals surface area contributed by atoms with Gasteiger partial charge in [0.1, 0.15) is 12.2 Å². The van der Waals surface area contributed by atoms with Crippen molar-refractivity contribution in [3.8, 4) is 0 Å². The molecule has 1 unspecified atom stereocenters. The van der Waals surface area contributed by atoms with Crippen molar-refractivity contribution in [2.45, 2.75) is 45.9 Å². The summed E-state index contributed by atoms with van der Waals surface area (Å²) >= 11 is 0. The molecule has 1 aliphatic rings. The van der Waals surface area contributed by atoms with E-state index in [0.29, 0.717) is 5.69 Å². The van der Waals surface area contributed by atoms with Crippen molar-refractivity contribution in [2.75, 3.05) is 4.90 Å². The van der Waals surface area contributed by atoms with Gasteiger partial charge in [0.25, 0.3) is 0 Å². The summed E-state index contributed by atoms with van der Waals surface area (Å²) in [6.45, 7) is 3.38. The molecule has 1 aromatic carbocycles. The van der Waals surface area contributed by atoms with E-state index >= 15 is 0 Å². The molecular formula is C18H21N3O3. The van der Waals surface area contributed by atoms with Crippen LogP contribution >= 0.6 is 0 Å². The zero-order valence-corrected chi connectivity index (χ0v) is 13.9. The number of carbonyl (C=O) groups excluding carboxylic acids is 1. The summed E-state index contributed by atoms with van der Waals surface area (Å²) in [5.41, 5.74) is 2.46. The van der Waals surface area contributed by atoms with Gasteiger partial charge in [-0.2, -0.15) is 5.10 Å². The second kappa shape index (κ2) is 6.57. The van der Waals surface area contributed by atoms with Crippen LogP contribution in [0.4, 0.5) is 5.69 Å². The number of hydrogen-bond donors (Lipinski definition) is 1. The van der Waals surface area contributed by atoms with Crippen LogP contribution < -0.4 is 10.3 Å². The van der Waals surface area contributed by atoms with Gasteiger partial charge in [-0.05, 0) is 38.3 Å². The maximum atomic E-state index is 12.9. The van der Waals surface area contributed by atoms with Crippen LogP contribution in [0.1, 0.15) is 30.3 Å². The van der Waals surface area contributed by atoms with Crippen molar-refractivity contribution >= 4 is 11.6 Å². The second-order valence-electron chi connectivity index (χ2n) is 6.19. The highest BCUT2D eigenvalue weighted by Crippen LogP contribution is 2.30. The summed E-state index contributed by atoms with van der Waals surface area (Å²) in [6, 6.07) is 9.45. The summed E-state index contributed by atoms with van der Waals surface area (Å²) in [5.74, 6) is -0.0715. The standard InChI is InChI=1S/C18H21N3O3/c1-12-7-8-14-5-3-4-6-16(14)21(12)18(24)10-20-13(2)9-17(23)15(11-22)19-20/h3-6,9,12,22H,7-8,10-11H2,1-2H3. The van der Waals surface area contributed by atoms with E-state index in [2.05, 4.69) is 5.10 Å². The molecule has 3 rings (SSSR count). The maximum Gasteiger partial charge on any atom is 0.248 e. The molecule has 0 spiro atoms. The normalized spacial score (nSPS) is 16.8. The van der Waals surface area contributed by atoms with Crippen LogP contribution in [0.5, 0.6) is 0 Å². The zero-order valence-electron chi connectivity index (χ0n) is 13.9. The number of hydrogen-bond acceptors (Lipinski definition) is 4. The first-order valence-corrected chi connectivity index (χ1v) is 8.09. The molecular weight excluding hydrogens is 306 g/mol. The Morgan fingerprint density at radius 3 is 2.88 bits per heavy atom. The fourth-order valence-electron chi connectivity index (χ4n) is 3.16. The lowest BCUT2D eigenvalue weighted by molar-refractivity contribution is -0.120. The molecule has 24 heavy (non-hydrogen) atoms. The lowest BCUT2D eigenvalue weighted by atomic mass is 9.96. The summed E-state index contributed by atoms with van der Waals surface area (Å²) in [7, 11) is 0. The number of aliphatic hydroxyl groups is 1. The van der Waals surface area contributed by atoms with Gasteiger partial charge >= 0.3 is 0 Å². The molecule has 0 saturated carbocycles. The Morgan fingerprint density at radius 2 is 2.12 bits per heavy atom. The van der Waals surface area contributed by atoms with Gasteiger partial charge in [-0.15, -0.1) is 0 Å². The number of rotatable bonds is 3. The highest BCUT2D eigenvalue weighted by molar-refractivity contribution is 5.95. The van der Waals surface area contributed by atoms with Gasteiger partial charge in [-0.1, -0.05) is 18.2 Å². The zero-order chi connectivity index (χ0) is 17.3. The Balaban J connectivity index is 1.92. The van der Waals surface area contributed by atoms with Crippen LogP contribution in [0.2, 0.25) is 0 Å². The van der Waals surface area contributed by atoms with Crippen molar-refractivity contribution in [3.05, 3.63) is 57.5 Å². The van der Waals surface area contributed by atoms with Gasteiger partial charge in [-0.3, -0.25) is 14.3 Å². The van der Waals surface area contributed by atoms with Crippen molar-refractivity contribution in [3.63, 3.8) is 0 Å². The average Bonchev–Trinajstić information content (AvgIpc) is 2.57. The Labute approximate surface area is 140 Å². The van der Waals surface area contributed by atoms with E-state index in [1.54, 1.807) is 6.92 Å². The molecule has 0 aliphatic carbocycles. The van der Waals surface area contributed by atoms with Crippen LogP contribution in [0, 0.1) is 6.92 Å². The second-order valence-corrected chi connectivity index (χ2v) is 6.19. The maximum absolute atomic E-state index is 12.9. The topological polar surface area (TPSA) is 75.4 Å². The minimum atomic E-state index is -0.434. The summed E-state index contributed by atoms with van der Waals surface area (Å²) < 4.78 is 1.49. The van der Waals surface area contributed by atoms with Crippen LogP contribution in [0.15, 0.2) is 35.1 Å². The number of benzene rings is 1. The van der Waals surface area contributed by atoms with Crippen LogP contribution in [-0.2, 0) is 24.4 Å². The van der Waals surface area contributed by atoms with Crippen molar-refractivity contribution in [1.29, 1.82) is 0 Å². The Kier molecular flexibility index (Phi) is 4.49. The Hall–Kier alpha value is -2.47. The number of aromatic nitrogens is 2. The molecule has 6 heteroatoms. The number of anilines is 1. The summed E-state index contributed by atoms with van der Waals surface area (Å²) in [5, 5.41) is 13.3. The molecule has 126 valence electrons. The van der Waals surface area contributed by atoms with Crippen LogP contribution in [-0.4, -0.2) is 26.8 Å². The molecule has 0 bridgehead atoms. The summed E-state index contributed by atoms with van der Waals surface area (Å²) in [4.78, 5) is 26.4. The van der Waals surface area contributed by atoms with Gasteiger partial charge in [0, 0.05) is 23.5 Å². The van der Waals surface area contributed by atoms with Gasteiger partial charge in [0.2, 0.25) is 11.3 Å². The third kappa shape index (κ3) is 2.97. The first-order chi connectivity index (χ1) is 11.5. The Morgan fingerprint density at radius 1 is 1.38 bits per heavy atom. The third-order valence-corrected chi connectivity index (χ3v) is 4.50. The average molecular weight is 327 g/mol. The van der Waals surface area contributed by atoms with Crippen molar-refractivity contribution in [2.24, 2.45) is 0 Å². The lowest BCUT2D eigenvalue weighted by Gasteiger charge is -2.35. The highest BCUT2D eigenvalue weighted by atomic mass is 16.3. The molecule has 1 aromatic heterocycles. The molecule has 0 saturated heterocycles. The predicted molar refractivity (Wildman–Crippen MR) is 90.9 cm³/mol. The SMILES string of the molecule is Cc1cc(=O)c(CO)nn1CC(=O)N1c2ccccc2CCC1C. The Bertz CT molecular complexity index is 828.